The number of rotatable bonds is 6. The summed E-state index contributed by atoms with van der Waals surface area (Å²) < 4.78 is 11.9. The van der Waals surface area contributed by atoms with Gasteiger partial charge in [0, 0.05) is 25.4 Å². The molecule has 3 rings (SSSR count). The van der Waals surface area contributed by atoms with Crippen LogP contribution in [0.2, 0.25) is 0 Å². The first-order valence-electron chi connectivity index (χ1n) is 8.23. The average molecular weight is 339 g/mol. The molecular weight excluding hydrogens is 318 g/mol. The summed E-state index contributed by atoms with van der Waals surface area (Å²) in [4.78, 5) is 16.9. The lowest BCUT2D eigenvalue weighted by molar-refractivity contribution is 0.186. The largest absolute Gasteiger partial charge is 0.383 e. The molecule has 0 N–H and O–H groups in total. The maximum absolute atomic E-state index is 12.5. The van der Waals surface area contributed by atoms with Gasteiger partial charge in [-0.05, 0) is 23.6 Å². The zero-order valence-electron chi connectivity index (χ0n) is 14.6. The van der Waals surface area contributed by atoms with E-state index in [2.05, 4.69) is 36.1 Å². The van der Waals surface area contributed by atoms with Crippen molar-refractivity contribution in [3.05, 3.63) is 58.5 Å². The van der Waals surface area contributed by atoms with Gasteiger partial charge in [0.25, 0.3) is 11.4 Å². The molecule has 0 spiro atoms. The van der Waals surface area contributed by atoms with Crippen molar-refractivity contribution in [1.29, 1.82) is 0 Å². The summed E-state index contributed by atoms with van der Waals surface area (Å²) in [5.41, 5.74) is 2.31. The van der Waals surface area contributed by atoms with E-state index >= 15 is 0 Å². The highest BCUT2D eigenvalue weighted by Gasteiger charge is 2.15. The Kier molecular flexibility index (Phi) is 5.09. The number of benzene rings is 1. The van der Waals surface area contributed by atoms with E-state index in [1.807, 2.05) is 12.1 Å². The monoisotopic (exact) mass is 339 g/mol. The van der Waals surface area contributed by atoms with Gasteiger partial charge in [-0.2, -0.15) is 4.98 Å². The summed E-state index contributed by atoms with van der Waals surface area (Å²) >= 11 is 0. The summed E-state index contributed by atoms with van der Waals surface area (Å²) in [6, 6.07) is 11.5. The smallest absolute Gasteiger partial charge is 0.263 e. The third-order valence-corrected chi connectivity index (χ3v) is 4.05. The zero-order chi connectivity index (χ0) is 17.8. The highest BCUT2D eigenvalue weighted by molar-refractivity contribution is 5.59. The minimum absolute atomic E-state index is 0.176. The predicted octanol–water partition coefficient (Wildman–Crippen LogP) is 3.34. The second kappa shape index (κ2) is 7.44. The lowest BCUT2D eigenvalue weighted by Gasteiger charge is -2.05. The van der Waals surface area contributed by atoms with Gasteiger partial charge in [0.1, 0.15) is 5.56 Å². The van der Waals surface area contributed by atoms with Gasteiger partial charge in [-0.15, -0.1) is 0 Å². The van der Waals surface area contributed by atoms with Crippen LogP contribution in [-0.2, 0) is 11.3 Å². The highest BCUT2D eigenvalue weighted by atomic mass is 16.5. The lowest BCUT2D eigenvalue weighted by Crippen LogP contribution is -2.22. The van der Waals surface area contributed by atoms with Crippen LogP contribution in [0.3, 0.4) is 0 Å². The quantitative estimate of drug-likeness (QED) is 0.689. The molecule has 0 fully saturated rings. The summed E-state index contributed by atoms with van der Waals surface area (Å²) in [5, 5.41) is 4.01. The molecule has 0 unspecified atom stereocenters. The Morgan fingerprint density at radius 3 is 2.64 bits per heavy atom. The van der Waals surface area contributed by atoms with Crippen molar-refractivity contribution in [2.45, 2.75) is 26.3 Å². The molecule has 130 valence electrons. The van der Waals surface area contributed by atoms with Crippen LogP contribution in [0.4, 0.5) is 0 Å². The maximum Gasteiger partial charge on any atom is 0.263 e. The predicted molar refractivity (Wildman–Crippen MR) is 95.4 cm³/mol. The molecule has 0 bridgehead atoms. The molecule has 25 heavy (non-hydrogen) atoms. The third kappa shape index (κ3) is 3.69. The van der Waals surface area contributed by atoms with Gasteiger partial charge in [0.2, 0.25) is 5.82 Å². The van der Waals surface area contributed by atoms with Crippen molar-refractivity contribution in [2.75, 3.05) is 13.7 Å². The van der Waals surface area contributed by atoms with Crippen LogP contribution < -0.4 is 5.56 Å². The number of pyridine rings is 1. The van der Waals surface area contributed by atoms with Gasteiger partial charge in [0.15, 0.2) is 0 Å². The summed E-state index contributed by atoms with van der Waals surface area (Å²) in [6.07, 6.45) is 1.72. The number of ether oxygens (including phenoxy) is 1. The molecule has 2 aromatic heterocycles. The number of methoxy groups -OCH3 is 1. The van der Waals surface area contributed by atoms with E-state index in [-0.39, 0.29) is 11.4 Å². The molecule has 1 aromatic carbocycles. The Morgan fingerprint density at radius 1 is 1.20 bits per heavy atom. The Morgan fingerprint density at radius 2 is 1.96 bits per heavy atom. The van der Waals surface area contributed by atoms with E-state index in [0.717, 1.165) is 5.56 Å². The van der Waals surface area contributed by atoms with Crippen molar-refractivity contribution in [3.8, 4) is 22.8 Å². The first-order chi connectivity index (χ1) is 12.1. The normalized spacial score (nSPS) is 11.2. The van der Waals surface area contributed by atoms with E-state index in [0.29, 0.717) is 30.5 Å². The Hall–Kier alpha value is -2.73. The van der Waals surface area contributed by atoms with Crippen LogP contribution in [0.25, 0.3) is 22.8 Å². The zero-order valence-corrected chi connectivity index (χ0v) is 14.6. The molecule has 0 aliphatic rings. The summed E-state index contributed by atoms with van der Waals surface area (Å²) in [5.74, 6) is 1.15. The van der Waals surface area contributed by atoms with Crippen molar-refractivity contribution in [1.82, 2.24) is 14.7 Å². The molecule has 6 nitrogen and oxygen atoms in total. The molecule has 2 heterocycles. The number of hydrogen-bond donors (Lipinski definition) is 0. The molecular formula is C19H21N3O3. The SMILES string of the molecule is COCCn1cccc(-c2nc(-c3ccc(C(C)C)cc3)no2)c1=O. The molecule has 0 saturated carbocycles. The third-order valence-electron chi connectivity index (χ3n) is 4.05. The second-order valence-electron chi connectivity index (χ2n) is 6.11. The fraction of sp³-hybridized carbons (Fsp3) is 0.316. The molecule has 6 heteroatoms. The van der Waals surface area contributed by atoms with Crippen molar-refractivity contribution in [2.24, 2.45) is 0 Å². The van der Waals surface area contributed by atoms with E-state index in [1.165, 1.54) is 5.56 Å². The van der Waals surface area contributed by atoms with Crippen LogP contribution in [0.15, 0.2) is 51.9 Å². The van der Waals surface area contributed by atoms with Crippen LogP contribution >= 0.6 is 0 Å². The minimum Gasteiger partial charge on any atom is -0.383 e. The highest BCUT2D eigenvalue weighted by Crippen LogP contribution is 2.22. The van der Waals surface area contributed by atoms with Crippen LogP contribution in [0.1, 0.15) is 25.3 Å². The molecule has 0 aliphatic heterocycles. The number of hydrogen-bond acceptors (Lipinski definition) is 5. The number of nitrogens with zero attached hydrogens (tertiary/aromatic N) is 3. The fourth-order valence-electron chi connectivity index (χ4n) is 2.53. The van der Waals surface area contributed by atoms with Gasteiger partial charge < -0.3 is 13.8 Å². The first-order valence-corrected chi connectivity index (χ1v) is 8.23. The van der Waals surface area contributed by atoms with E-state index in [4.69, 9.17) is 9.26 Å². The lowest BCUT2D eigenvalue weighted by atomic mass is 10.0. The average Bonchev–Trinajstić information content (AvgIpc) is 3.11. The number of aromatic nitrogens is 3. The molecule has 0 radical (unpaired) electrons. The second-order valence-corrected chi connectivity index (χ2v) is 6.11. The molecule has 0 amide bonds. The van der Waals surface area contributed by atoms with Crippen molar-refractivity contribution in [3.63, 3.8) is 0 Å². The minimum atomic E-state index is -0.176. The van der Waals surface area contributed by atoms with Gasteiger partial charge in [-0.1, -0.05) is 43.3 Å². The van der Waals surface area contributed by atoms with Crippen LogP contribution in [0, 0.1) is 0 Å². The molecule has 3 aromatic rings. The Bertz CT molecular complexity index is 895. The van der Waals surface area contributed by atoms with Crippen molar-refractivity contribution >= 4 is 0 Å². The Balaban J connectivity index is 1.90. The topological polar surface area (TPSA) is 70.2 Å². The van der Waals surface area contributed by atoms with Gasteiger partial charge in [0.05, 0.1) is 6.61 Å². The fourth-order valence-corrected chi connectivity index (χ4v) is 2.53. The Labute approximate surface area is 146 Å². The summed E-state index contributed by atoms with van der Waals surface area (Å²) in [6.45, 7) is 5.22. The van der Waals surface area contributed by atoms with Gasteiger partial charge in [-0.3, -0.25) is 4.79 Å². The molecule has 0 saturated heterocycles. The standard InChI is InChI=1S/C19H21N3O3/c1-13(2)14-6-8-15(9-7-14)17-20-18(25-21-17)16-5-4-10-22(19(16)23)11-12-24-3/h4-10,13H,11-12H2,1-3H3. The van der Waals surface area contributed by atoms with Gasteiger partial charge >= 0.3 is 0 Å². The maximum atomic E-state index is 12.5. The van der Waals surface area contributed by atoms with E-state index in [9.17, 15) is 4.79 Å². The van der Waals surface area contributed by atoms with E-state index in [1.54, 1.807) is 30.0 Å². The van der Waals surface area contributed by atoms with E-state index < -0.39 is 0 Å². The van der Waals surface area contributed by atoms with Crippen molar-refractivity contribution < 1.29 is 9.26 Å². The first kappa shape index (κ1) is 17.1. The summed E-state index contributed by atoms with van der Waals surface area (Å²) in [7, 11) is 1.60. The molecule has 0 atom stereocenters. The molecule has 0 aliphatic carbocycles. The van der Waals surface area contributed by atoms with Crippen LogP contribution in [0.5, 0.6) is 0 Å². The van der Waals surface area contributed by atoms with Gasteiger partial charge in [-0.25, -0.2) is 0 Å². The van der Waals surface area contributed by atoms with Crippen LogP contribution in [-0.4, -0.2) is 28.4 Å².